The van der Waals surface area contributed by atoms with Gasteiger partial charge in [0.25, 0.3) is 0 Å². The maximum atomic E-state index is 10.9. The summed E-state index contributed by atoms with van der Waals surface area (Å²) in [4.78, 5) is 10.9. The number of rotatable bonds is 14. The summed E-state index contributed by atoms with van der Waals surface area (Å²) in [6.45, 7) is -3.71. The number of ether oxygens (including phenoxy) is 6. The van der Waals surface area contributed by atoms with Gasteiger partial charge in [0.2, 0.25) is 0 Å². The first-order valence-electron chi connectivity index (χ1n) is 13.9. The van der Waals surface area contributed by atoms with E-state index in [4.69, 9.17) is 28.4 Å². The van der Waals surface area contributed by atoms with E-state index in [9.17, 15) is 76.3 Å². The molecule has 21 heteroatoms. The Kier molecular flexibility index (Phi) is 14.3. The van der Waals surface area contributed by atoms with Crippen molar-refractivity contribution in [2.45, 2.75) is 117 Å². The fourth-order valence-corrected chi connectivity index (χ4v) is 5.09. The molecule has 0 bridgehead atoms. The number of carbonyl (C=O) groups is 1. The molecule has 0 aromatic heterocycles. The molecule has 0 aliphatic carbocycles. The number of hydrogen-bond donors (Lipinski definition) is 14. The third-order valence-electron chi connectivity index (χ3n) is 7.76. The second-order valence-electron chi connectivity index (χ2n) is 10.8. The van der Waals surface area contributed by atoms with E-state index in [0.29, 0.717) is 0 Å². The van der Waals surface area contributed by atoms with Crippen molar-refractivity contribution in [3.05, 3.63) is 0 Å². The predicted molar refractivity (Wildman–Crippen MR) is 135 cm³/mol. The molecule has 0 saturated carbocycles. The van der Waals surface area contributed by atoms with E-state index < -0.39 is 143 Å². The smallest absolute Gasteiger partial charge is 0.187 e. The summed E-state index contributed by atoms with van der Waals surface area (Å²) in [5.74, 6) is 0. The Labute approximate surface area is 254 Å². The summed E-state index contributed by atoms with van der Waals surface area (Å²) in [5.41, 5.74) is 0. The predicted octanol–water partition coefficient (Wildman–Crippen LogP) is -9.91. The van der Waals surface area contributed by atoms with Crippen molar-refractivity contribution in [2.24, 2.45) is 0 Å². The Morgan fingerprint density at radius 2 is 1.00 bits per heavy atom. The van der Waals surface area contributed by atoms with E-state index in [0.717, 1.165) is 0 Å². The standard InChI is InChI=1S/C24H42O21/c25-1-6(30)11(32)19(7(31)2-26)43-23-17(38)14(35)21(9(4-28)41-23)45-24-18(39)15(36)20(10(5-29)42-24)44-22-16(37)13(34)12(33)8(3-27)40-22/h1,6-24,26-39H,2-5H2/t6-,7+,8+,9+,10+,11+,12+,13-,14+,15+,16+,17+,18+,19+,20+,21-,22-,23-,24-/m0/s1. The van der Waals surface area contributed by atoms with E-state index in [-0.39, 0.29) is 6.29 Å². The molecule has 0 spiro atoms. The minimum Gasteiger partial charge on any atom is -0.394 e. The van der Waals surface area contributed by atoms with Crippen LogP contribution >= 0.6 is 0 Å². The van der Waals surface area contributed by atoms with Gasteiger partial charge in [-0.2, -0.15) is 0 Å². The van der Waals surface area contributed by atoms with Gasteiger partial charge in [0, 0.05) is 0 Å². The van der Waals surface area contributed by atoms with Crippen LogP contribution in [0.25, 0.3) is 0 Å². The van der Waals surface area contributed by atoms with Crippen LogP contribution < -0.4 is 0 Å². The zero-order valence-corrected chi connectivity index (χ0v) is 23.5. The molecule has 3 aliphatic rings. The van der Waals surface area contributed by atoms with Gasteiger partial charge in [-0.3, -0.25) is 0 Å². The molecule has 21 nitrogen and oxygen atoms in total. The molecule has 3 fully saturated rings. The fourth-order valence-electron chi connectivity index (χ4n) is 5.09. The van der Waals surface area contributed by atoms with Gasteiger partial charge in [-0.15, -0.1) is 0 Å². The SMILES string of the molecule is O=C[C@H](O)[C@@H](O)[C@H](O[C@@H]1O[C@H](CO)[C@H](O[C@@H]2O[C@H](CO)[C@@H](O[C@@H]3O[C@H](CO)[C@@H](O)[C@H](O)[C@H]3O)[C@H](O)[C@H]2O)[C@H](O)[C@H]1O)[C@H](O)CO. The van der Waals surface area contributed by atoms with Crippen LogP contribution in [-0.2, 0) is 33.2 Å². The summed E-state index contributed by atoms with van der Waals surface area (Å²) in [5, 5.41) is 141. The monoisotopic (exact) mass is 666 g/mol. The molecule has 0 amide bonds. The molecule has 0 unspecified atom stereocenters. The lowest BCUT2D eigenvalue weighted by molar-refractivity contribution is -0.383. The van der Waals surface area contributed by atoms with Crippen molar-refractivity contribution >= 4 is 6.29 Å². The van der Waals surface area contributed by atoms with Crippen molar-refractivity contribution in [1.82, 2.24) is 0 Å². The molecular weight excluding hydrogens is 624 g/mol. The van der Waals surface area contributed by atoms with Crippen LogP contribution in [0.2, 0.25) is 0 Å². The van der Waals surface area contributed by atoms with E-state index in [1.807, 2.05) is 0 Å². The molecule has 3 rings (SSSR count). The van der Waals surface area contributed by atoms with E-state index >= 15 is 0 Å². The first-order chi connectivity index (χ1) is 21.2. The van der Waals surface area contributed by atoms with E-state index in [1.54, 1.807) is 0 Å². The highest BCUT2D eigenvalue weighted by Crippen LogP contribution is 2.33. The molecule has 14 N–H and O–H groups in total. The van der Waals surface area contributed by atoms with Crippen LogP contribution in [0.15, 0.2) is 0 Å². The Morgan fingerprint density at radius 3 is 1.44 bits per heavy atom. The average Bonchev–Trinajstić information content (AvgIpc) is 3.04. The number of aldehydes is 1. The van der Waals surface area contributed by atoms with Crippen molar-refractivity contribution in [3.8, 4) is 0 Å². The van der Waals surface area contributed by atoms with Gasteiger partial charge in [-0.1, -0.05) is 0 Å². The van der Waals surface area contributed by atoms with Gasteiger partial charge in [0.05, 0.1) is 26.4 Å². The minimum absolute atomic E-state index is 0.0957. The van der Waals surface area contributed by atoms with Crippen LogP contribution in [0.5, 0.6) is 0 Å². The quantitative estimate of drug-likeness (QED) is 0.0765. The topological polar surface area (TPSA) is 356 Å². The highest BCUT2D eigenvalue weighted by molar-refractivity contribution is 5.56. The number of aliphatic hydroxyl groups excluding tert-OH is 14. The van der Waals surface area contributed by atoms with Gasteiger partial charge in [-0.25, -0.2) is 0 Å². The number of hydrogen-bond acceptors (Lipinski definition) is 21. The molecule has 19 atom stereocenters. The molecule has 0 aromatic carbocycles. The second-order valence-corrected chi connectivity index (χ2v) is 10.8. The molecular formula is C24H42O21. The van der Waals surface area contributed by atoms with E-state index in [1.165, 1.54) is 0 Å². The molecule has 3 heterocycles. The lowest BCUT2D eigenvalue weighted by atomic mass is 9.96. The summed E-state index contributed by atoms with van der Waals surface area (Å²) in [7, 11) is 0. The van der Waals surface area contributed by atoms with Crippen LogP contribution in [0.1, 0.15) is 0 Å². The van der Waals surface area contributed by atoms with Crippen LogP contribution in [0.4, 0.5) is 0 Å². The minimum atomic E-state index is -2.14. The second kappa shape index (κ2) is 16.8. The third kappa shape index (κ3) is 8.30. The van der Waals surface area contributed by atoms with Crippen LogP contribution in [-0.4, -0.2) is 221 Å². The number of carbonyl (C=O) groups excluding carboxylic acids is 1. The molecule has 264 valence electrons. The van der Waals surface area contributed by atoms with Gasteiger partial charge in [0.15, 0.2) is 25.2 Å². The average molecular weight is 667 g/mol. The number of aliphatic hydroxyl groups is 14. The van der Waals surface area contributed by atoms with Crippen LogP contribution in [0, 0.1) is 0 Å². The first-order valence-corrected chi connectivity index (χ1v) is 13.9. The Balaban J connectivity index is 1.72. The van der Waals surface area contributed by atoms with Crippen molar-refractivity contribution in [2.75, 3.05) is 26.4 Å². The van der Waals surface area contributed by atoms with E-state index in [2.05, 4.69) is 0 Å². The maximum Gasteiger partial charge on any atom is 0.187 e. The summed E-state index contributed by atoms with van der Waals surface area (Å²) in [6.07, 6.45) is -35.6. The third-order valence-corrected chi connectivity index (χ3v) is 7.76. The van der Waals surface area contributed by atoms with Crippen molar-refractivity contribution in [3.63, 3.8) is 0 Å². The Bertz CT molecular complexity index is 895. The molecule has 0 radical (unpaired) electrons. The maximum absolute atomic E-state index is 10.9. The summed E-state index contributed by atoms with van der Waals surface area (Å²) >= 11 is 0. The normalized spacial score (nSPS) is 45.4. The lowest BCUT2D eigenvalue weighted by Gasteiger charge is -2.48. The Hall–Kier alpha value is -1.13. The van der Waals surface area contributed by atoms with Crippen LogP contribution in [0.3, 0.4) is 0 Å². The van der Waals surface area contributed by atoms with Crippen molar-refractivity contribution < 1.29 is 105 Å². The van der Waals surface area contributed by atoms with Gasteiger partial charge >= 0.3 is 0 Å². The first kappa shape index (κ1) is 38.3. The highest BCUT2D eigenvalue weighted by Gasteiger charge is 2.54. The molecule has 3 aliphatic heterocycles. The molecule has 3 saturated heterocycles. The van der Waals surface area contributed by atoms with Gasteiger partial charge in [-0.05, 0) is 0 Å². The largest absolute Gasteiger partial charge is 0.394 e. The fraction of sp³-hybridized carbons (Fsp3) is 0.958. The van der Waals surface area contributed by atoms with Gasteiger partial charge in [0.1, 0.15) is 97.7 Å². The summed E-state index contributed by atoms with van der Waals surface area (Å²) < 4.78 is 32.3. The lowest BCUT2D eigenvalue weighted by Crippen LogP contribution is -2.67. The van der Waals surface area contributed by atoms with Gasteiger partial charge < -0.3 is 105 Å². The molecule has 45 heavy (non-hydrogen) atoms. The zero-order valence-electron chi connectivity index (χ0n) is 23.5. The zero-order chi connectivity index (χ0) is 33.7. The summed E-state index contributed by atoms with van der Waals surface area (Å²) in [6, 6.07) is 0. The molecule has 0 aromatic rings. The Morgan fingerprint density at radius 1 is 0.578 bits per heavy atom. The van der Waals surface area contributed by atoms with Crippen molar-refractivity contribution in [1.29, 1.82) is 0 Å². The highest BCUT2D eigenvalue weighted by atomic mass is 16.8.